The maximum absolute atomic E-state index is 13.3. The first-order chi connectivity index (χ1) is 8.60. The van der Waals surface area contributed by atoms with E-state index < -0.39 is 0 Å². The molecular weight excluding hydrogens is 251 g/mol. The number of methoxy groups -OCH3 is 1. The number of thiazole rings is 1. The monoisotopic (exact) mass is 266 g/mol. The van der Waals surface area contributed by atoms with Gasteiger partial charge in [-0.15, -0.1) is 11.3 Å². The summed E-state index contributed by atoms with van der Waals surface area (Å²) in [5.74, 6) is 0.321. The molecule has 18 heavy (non-hydrogen) atoms. The van der Waals surface area contributed by atoms with Crippen LogP contribution in [0.15, 0.2) is 23.6 Å². The maximum Gasteiger partial charge on any atom is 0.128 e. The van der Waals surface area contributed by atoms with Crippen LogP contribution in [0.1, 0.15) is 11.9 Å². The fourth-order valence-corrected chi connectivity index (χ4v) is 2.62. The number of hydrogen-bond donors (Lipinski definition) is 1. The molecule has 0 aliphatic rings. The lowest BCUT2D eigenvalue weighted by molar-refractivity contribution is 0.415. The molecule has 1 heterocycles. The van der Waals surface area contributed by atoms with E-state index in [-0.39, 0.29) is 11.9 Å². The molecule has 5 heteroatoms. The summed E-state index contributed by atoms with van der Waals surface area (Å²) in [5.41, 5.74) is 7.13. The van der Waals surface area contributed by atoms with Crippen LogP contribution in [-0.2, 0) is 6.42 Å². The second-order valence-electron chi connectivity index (χ2n) is 4.15. The number of ether oxygens (including phenoxy) is 1. The highest BCUT2D eigenvalue weighted by Gasteiger charge is 2.11. The second-order valence-corrected chi connectivity index (χ2v) is 5.10. The van der Waals surface area contributed by atoms with Crippen LogP contribution >= 0.6 is 11.3 Å². The van der Waals surface area contributed by atoms with Crippen LogP contribution in [0.5, 0.6) is 5.75 Å². The SMILES string of the molecule is COc1ccc(F)cc1-c1csc(CC(C)N)n1. The minimum Gasteiger partial charge on any atom is -0.496 e. The van der Waals surface area contributed by atoms with Crippen molar-refractivity contribution in [2.24, 2.45) is 5.73 Å². The Labute approximate surface area is 109 Å². The molecule has 0 bridgehead atoms. The molecule has 0 spiro atoms. The Morgan fingerprint density at radius 3 is 2.94 bits per heavy atom. The summed E-state index contributed by atoms with van der Waals surface area (Å²) in [5, 5.41) is 2.85. The molecule has 2 aromatic rings. The van der Waals surface area contributed by atoms with Crippen LogP contribution in [-0.4, -0.2) is 18.1 Å². The van der Waals surface area contributed by atoms with Gasteiger partial charge in [0.1, 0.15) is 11.6 Å². The van der Waals surface area contributed by atoms with E-state index in [2.05, 4.69) is 4.98 Å². The first-order valence-electron chi connectivity index (χ1n) is 5.64. The molecular formula is C13H15FN2OS. The van der Waals surface area contributed by atoms with E-state index in [1.807, 2.05) is 12.3 Å². The van der Waals surface area contributed by atoms with Crippen LogP contribution in [0.3, 0.4) is 0 Å². The molecule has 0 amide bonds. The largest absolute Gasteiger partial charge is 0.496 e. The highest BCUT2D eigenvalue weighted by molar-refractivity contribution is 7.09. The predicted octanol–water partition coefficient (Wildman–Crippen LogP) is 2.85. The molecule has 0 saturated carbocycles. The molecule has 3 nitrogen and oxygen atoms in total. The molecule has 96 valence electrons. The Balaban J connectivity index is 2.36. The molecule has 2 N–H and O–H groups in total. The molecule has 1 aromatic heterocycles. The Bertz CT molecular complexity index is 540. The topological polar surface area (TPSA) is 48.1 Å². The first kappa shape index (κ1) is 13.0. The van der Waals surface area contributed by atoms with Gasteiger partial charge < -0.3 is 10.5 Å². The van der Waals surface area contributed by atoms with Gasteiger partial charge in [-0.1, -0.05) is 0 Å². The van der Waals surface area contributed by atoms with Crippen molar-refractivity contribution in [1.82, 2.24) is 4.98 Å². The van der Waals surface area contributed by atoms with Gasteiger partial charge in [-0.05, 0) is 25.1 Å². The number of benzene rings is 1. The highest BCUT2D eigenvalue weighted by atomic mass is 32.1. The van der Waals surface area contributed by atoms with Gasteiger partial charge >= 0.3 is 0 Å². The average molecular weight is 266 g/mol. The van der Waals surface area contributed by atoms with Gasteiger partial charge in [0.05, 0.1) is 17.8 Å². The number of halogens is 1. The van der Waals surface area contributed by atoms with Gasteiger partial charge in [0.25, 0.3) is 0 Å². The van der Waals surface area contributed by atoms with Crippen LogP contribution < -0.4 is 10.5 Å². The number of rotatable bonds is 4. The zero-order valence-electron chi connectivity index (χ0n) is 10.3. The van der Waals surface area contributed by atoms with Crippen LogP contribution in [0.25, 0.3) is 11.3 Å². The van der Waals surface area contributed by atoms with E-state index in [0.29, 0.717) is 11.3 Å². The number of hydrogen-bond acceptors (Lipinski definition) is 4. The third-order valence-electron chi connectivity index (χ3n) is 2.49. The number of aromatic nitrogens is 1. The van der Waals surface area contributed by atoms with E-state index >= 15 is 0 Å². The first-order valence-corrected chi connectivity index (χ1v) is 6.52. The highest BCUT2D eigenvalue weighted by Crippen LogP contribution is 2.31. The molecule has 0 aliphatic heterocycles. The van der Waals surface area contributed by atoms with E-state index in [0.717, 1.165) is 17.1 Å². The van der Waals surface area contributed by atoms with Gasteiger partial charge in [-0.2, -0.15) is 0 Å². The molecule has 0 radical (unpaired) electrons. The van der Waals surface area contributed by atoms with Crippen LogP contribution in [0.4, 0.5) is 4.39 Å². The van der Waals surface area contributed by atoms with Crippen molar-refractivity contribution < 1.29 is 9.13 Å². The molecule has 2 rings (SSSR count). The van der Waals surface area contributed by atoms with Crippen molar-refractivity contribution in [2.45, 2.75) is 19.4 Å². The van der Waals surface area contributed by atoms with Gasteiger partial charge in [0.2, 0.25) is 0 Å². The molecule has 0 aliphatic carbocycles. The van der Waals surface area contributed by atoms with Gasteiger partial charge in [0, 0.05) is 23.4 Å². The maximum atomic E-state index is 13.3. The van der Waals surface area contributed by atoms with Gasteiger partial charge in [-0.25, -0.2) is 9.37 Å². The summed E-state index contributed by atoms with van der Waals surface area (Å²) >= 11 is 1.53. The predicted molar refractivity (Wildman–Crippen MR) is 71.4 cm³/mol. The normalized spacial score (nSPS) is 12.4. The Morgan fingerprint density at radius 1 is 1.50 bits per heavy atom. The number of nitrogens with zero attached hydrogens (tertiary/aromatic N) is 1. The Hall–Kier alpha value is -1.46. The lowest BCUT2D eigenvalue weighted by Gasteiger charge is -2.06. The smallest absolute Gasteiger partial charge is 0.128 e. The fraction of sp³-hybridized carbons (Fsp3) is 0.308. The Kier molecular flexibility index (Phi) is 3.93. The molecule has 1 unspecified atom stereocenters. The summed E-state index contributed by atoms with van der Waals surface area (Å²) in [6, 6.07) is 4.48. The van der Waals surface area contributed by atoms with Crippen LogP contribution in [0.2, 0.25) is 0 Å². The number of nitrogens with two attached hydrogens (primary N) is 1. The molecule has 0 fully saturated rings. The van der Waals surface area contributed by atoms with E-state index in [4.69, 9.17) is 10.5 Å². The minimum atomic E-state index is -0.299. The fourth-order valence-electron chi connectivity index (χ4n) is 1.68. The van der Waals surface area contributed by atoms with Gasteiger partial charge in [-0.3, -0.25) is 0 Å². The second kappa shape index (κ2) is 5.46. The van der Waals surface area contributed by atoms with Crippen LogP contribution in [0, 0.1) is 5.82 Å². The van der Waals surface area contributed by atoms with Crippen molar-refractivity contribution in [3.05, 3.63) is 34.4 Å². The zero-order chi connectivity index (χ0) is 13.1. The van der Waals surface area contributed by atoms with Crippen molar-refractivity contribution in [1.29, 1.82) is 0 Å². The standard InChI is InChI=1S/C13H15FN2OS/c1-8(15)5-13-16-11(7-18-13)10-6-9(14)3-4-12(10)17-2/h3-4,6-8H,5,15H2,1-2H3. The third kappa shape index (κ3) is 2.86. The molecule has 1 aromatic carbocycles. The summed E-state index contributed by atoms with van der Waals surface area (Å²) in [7, 11) is 1.56. The van der Waals surface area contributed by atoms with E-state index in [9.17, 15) is 4.39 Å². The summed E-state index contributed by atoms with van der Waals surface area (Å²) < 4.78 is 18.5. The van der Waals surface area contributed by atoms with Crippen molar-refractivity contribution >= 4 is 11.3 Å². The van der Waals surface area contributed by atoms with Crippen molar-refractivity contribution in [3.63, 3.8) is 0 Å². The third-order valence-corrected chi connectivity index (χ3v) is 3.36. The van der Waals surface area contributed by atoms with E-state index in [1.165, 1.54) is 23.5 Å². The summed E-state index contributed by atoms with van der Waals surface area (Å²) in [6.07, 6.45) is 0.725. The quantitative estimate of drug-likeness (QED) is 0.925. The molecule has 0 saturated heterocycles. The summed E-state index contributed by atoms with van der Waals surface area (Å²) in [6.45, 7) is 1.93. The lowest BCUT2D eigenvalue weighted by Crippen LogP contribution is -2.17. The van der Waals surface area contributed by atoms with E-state index in [1.54, 1.807) is 13.2 Å². The zero-order valence-corrected chi connectivity index (χ0v) is 11.1. The lowest BCUT2D eigenvalue weighted by atomic mass is 10.1. The minimum absolute atomic E-state index is 0.0680. The molecule has 1 atom stereocenters. The van der Waals surface area contributed by atoms with Crippen molar-refractivity contribution in [3.8, 4) is 17.0 Å². The van der Waals surface area contributed by atoms with Gasteiger partial charge in [0.15, 0.2) is 0 Å². The average Bonchev–Trinajstić information content (AvgIpc) is 2.76. The Morgan fingerprint density at radius 2 is 2.28 bits per heavy atom. The van der Waals surface area contributed by atoms with Crippen molar-refractivity contribution in [2.75, 3.05) is 7.11 Å². The summed E-state index contributed by atoms with van der Waals surface area (Å²) in [4.78, 5) is 4.46.